The third-order valence-electron chi connectivity index (χ3n) is 2.71. The van der Waals surface area contributed by atoms with Crippen LogP contribution in [0.5, 0.6) is 5.75 Å². The Morgan fingerprint density at radius 2 is 2.18 bits per heavy atom. The fourth-order valence-corrected chi connectivity index (χ4v) is 1.88. The maximum Gasteiger partial charge on any atom is 0.277 e. The molecule has 0 aliphatic carbocycles. The number of ether oxygens (including phenoxy) is 1. The van der Waals surface area contributed by atoms with Crippen molar-refractivity contribution in [3.8, 4) is 5.75 Å². The third-order valence-corrected chi connectivity index (χ3v) is 3.04. The van der Waals surface area contributed by atoms with Crippen LogP contribution in [0.1, 0.15) is 11.1 Å². The van der Waals surface area contributed by atoms with Crippen LogP contribution in [0.4, 0.5) is 4.39 Å². The Morgan fingerprint density at radius 3 is 2.91 bits per heavy atom. The SMILES string of the molecule is Cc1cccc(OCC(=O)NN=Cc2ccc(F)cc2Cl)c1. The van der Waals surface area contributed by atoms with Crippen LogP contribution in [-0.4, -0.2) is 18.7 Å². The summed E-state index contributed by atoms with van der Waals surface area (Å²) >= 11 is 5.83. The van der Waals surface area contributed by atoms with E-state index in [4.69, 9.17) is 16.3 Å². The molecule has 0 aromatic heterocycles. The van der Waals surface area contributed by atoms with E-state index in [1.165, 1.54) is 24.4 Å². The van der Waals surface area contributed by atoms with E-state index >= 15 is 0 Å². The maximum absolute atomic E-state index is 12.9. The molecule has 2 aromatic rings. The molecular weight excluding hydrogens is 307 g/mol. The van der Waals surface area contributed by atoms with Gasteiger partial charge in [-0.2, -0.15) is 5.10 Å². The minimum Gasteiger partial charge on any atom is -0.484 e. The minimum absolute atomic E-state index is 0.155. The van der Waals surface area contributed by atoms with Gasteiger partial charge in [0, 0.05) is 5.56 Å². The molecule has 6 heteroatoms. The van der Waals surface area contributed by atoms with Crippen molar-refractivity contribution in [2.75, 3.05) is 6.61 Å². The summed E-state index contributed by atoms with van der Waals surface area (Å²) in [5.74, 6) is -0.227. The molecule has 0 atom stereocenters. The number of hydrogen-bond donors (Lipinski definition) is 1. The average molecular weight is 321 g/mol. The molecule has 0 unspecified atom stereocenters. The first-order valence-corrected chi connectivity index (χ1v) is 6.89. The topological polar surface area (TPSA) is 50.7 Å². The number of aryl methyl sites for hydroxylation is 1. The van der Waals surface area contributed by atoms with Gasteiger partial charge in [-0.1, -0.05) is 23.7 Å². The highest BCUT2D eigenvalue weighted by atomic mass is 35.5. The highest BCUT2D eigenvalue weighted by molar-refractivity contribution is 6.33. The Hall–Kier alpha value is -2.40. The molecule has 22 heavy (non-hydrogen) atoms. The van der Waals surface area contributed by atoms with Crippen molar-refractivity contribution in [2.24, 2.45) is 5.10 Å². The predicted octanol–water partition coefficient (Wildman–Crippen LogP) is 3.32. The Balaban J connectivity index is 1.83. The third kappa shape index (κ3) is 4.86. The van der Waals surface area contributed by atoms with Gasteiger partial charge >= 0.3 is 0 Å². The summed E-state index contributed by atoms with van der Waals surface area (Å²) in [5, 5.41) is 3.97. The Kier molecular flexibility index (Phi) is 5.49. The second kappa shape index (κ2) is 7.56. The van der Waals surface area contributed by atoms with E-state index in [0.717, 1.165) is 5.56 Å². The molecule has 0 heterocycles. The Bertz CT molecular complexity index is 704. The summed E-state index contributed by atoms with van der Waals surface area (Å²) in [6.45, 7) is 1.78. The quantitative estimate of drug-likeness (QED) is 0.678. The first-order chi connectivity index (χ1) is 10.5. The van der Waals surface area contributed by atoms with Crippen LogP contribution >= 0.6 is 11.6 Å². The van der Waals surface area contributed by atoms with Gasteiger partial charge in [0.05, 0.1) is 11.2 Å². The predicted molar refractivity (Wildman–Crippen MR) is 83.8 cm³/mol. The number of hydrogen-bond acceptors (Lipinski definition) is 3. The van der Waals surface area contributed by atoms with Crippen molar-refractivity contribution >= 4 is 23.7 Å². The van der Waals surface area contributed by atoms with Crippen molar-refractivity contribution < 1.29 is 13.9 Å². The summed E-state index contributed by atoms with van der Waals surface area (Å²) in [5.41, 5.74) is 3.86. The van der Waals surface area contributed by atoms with E-state index in [9.17, 15) is 9.18 Å². The lowest BCUT2D eigenvalue weighted by molar-refractivity contribution is -0.123. The number of carbonyl (C=O) groups excluding carboxylic acids is 1. The van der Waals surface area contributed by atoms with Crippen molar-refractivity contribution in [3.63, 3.8) is 0 Å². The van der Waals surface area contributed by atoms with Crippen molar-refractivity contribution in [2.45, 2.75) is 6.92 Å². The second-order valence-electron chi connectivity index (χ2n) is 4.56. The number of hydrazone groups is 1. The molecule has 0 fully saturated rings. The molecule has 0 radical (unpaired) electrons. The van der Waals surface area contributed by atoms with E-state index in [1.54, 1.807) is 6.07 Å². The lowest BCUT2D eigenvalue weighted by Gasteiger charge is -2.05. The van der Waals surface area contributed by atoms with Gasteiger partial charge < -0.3 is 4.74 Å². The lowest BCUT2D eigenvalue weighted by atomic mass is 10.2. The molecule has 0 aliphatic rings. The normalized spacial score (nSPS) is 10.7. The fourth-order valence-electron chi connectivity index (χ4n) is 1.67. The van der Waals surface area contributed by atoms with Gasteiger partial charge in [0.25, 0.3) is 5.91 Å². The van der Waals surface area contributed by atoms with E-state index in [2.05, 4.69) is 10.5 Å². The molecule has 2 rings (SSSR count). The van der Waals surface area contributed by atoms with Gasteiger partial charge in [-0.05, 0) is 42.8 Å². The maximum atomic E-state index is 12.9. The summed E-state index contributed by atoms with van der Waals surface area (Å²) < 4.78 is 18.2. The van der Waals surface area contributed by atoms with Crippen molar-refractivity contribution in [1.82, 2.24) is 5.43 Å². The van der Waals surface area contributed by atoms with Crippen LogP contribution in [0, 0.1) is 12.7 Å². The van der Waals surface area contributed by atoms with Gasteiger partial charge in [0.15, 0.2) is 6.61 Å². The van der Waals surface area contributed by atoms with Gasteiger partial charge in [0.2, 0.25) is 0 Å². The molecule has 2 aromatic carbocycles. The molecule has 0 aliphatic heterocycles. The largest absolute Gasteiger partial charge is 0.484 e. The number of nitrogens with one attached hydrogen (secondary N) is 1. The van der Waals surface area contributed by atoms with Crippen LogP contribution in [-0.2, 0) is 4.79 Å². The standard InChI is InChI=1S/C16H14ClFN2O2/c1-11-3-2-4-14(7-11)22-10-16(21)20-19-9-12-5-6-13(18)8-15(12)17/h2-9H,10H2,1H3,(H,20,21). The summed E-state index contributed by atoms with van der Waals surface area (Å²) in [6.07, 6.45) is 1.34. The molecule has 0 bridgehead atoms. The molecule has 0 saturated carbocycles. The Morgan fingerprint density at radius 1 is 1.36 bits per heavy atom. The summed E-state index contributed by atoms with van der Waals surface area (Å²) in [7, 11) is 0. The van der Waals surface area contributed by atoms with Crippen LogP contribution in [0.3, 0.4) is 0 Å². The van der Waals surface area contributed by atoms with Gasteiger partial charge in [0.1, 0.15) is 11.6 Å². The fraction of sp³-hybridized carbons (Fsp3) is 0.125. The van der Waals surface area contributed by atoms with Gasteiger partial charge in [-0.15, -0.1) is 0 Å². The van der Waals surface area contributed by atoms with Crippen LogP contribution < -0.4 is 10.2 Å². The van der Waals surface area contributed by atoms with Crippen molar-refractivity contribution in [1.29, 1.82) is 0 Å². The molecular formula is C16H14ClFN2O2. The zero-order valence-corrected chi connectivity index (χ0v) is 12.6. The number of halogens is 2. The smallest absolute Gasteiger partial charge is 0.277 e. The molecule has 0 saturated heterocycles. The number of rotatable bonds is 5. The van der Waals surface area contributed by atoms with Crippen LogP contribution in [0.2, 0.25) is 5.02 Å². The zero-order valence-electron chi connectivity index (χ0n) is 11.8. The molecule has 4 nitrogen and oxygen atoms in total. The number of benzene rings is 2. The highest BCUT2D eigenvalue weighted by Crippen LogP contribution is 2.15. The molecule has 1 amide bonds. The van der Waals surface area contributed by atoms with E-state index in [-0.39, 0.29) is 11.6 Å². The minimum atomic E-state index is -0.433. The van der Waals surface area contributed by atoms with E-state index < -0.39 is 11.7 Å². The van der Waals surface area contributed by atoms with E-state index in [1.807, 2.05) is 25.1 Å². The monoisotopic (exact) mass is 320 g/mol. The number of nitrogens with zero attached hydrogens (tertiary/aromatic N) is 1. The molecule has 0 spiro atoms. The zero-order chi connectivity index (χ0) is 15.9. The van der Waals surface area contributed by atoms with Crippen molar-refractivity contribution in [3.05, 3.63) is 64.4 Å². The summed E-state index contributed by atoms with van der Waals surface area (Å²) in [6, 6.07) is 11.3. The number of carbonyl (C=O) groups is 1. The van der Waals surface area contributed by atoms with Gasteiger partial charge in [-0.25, -0.2) is 9.82 Å². The highest BCUT2D eigenvalue weighted by Gasteiger charge is 2.02. The van der Waals surface area contributed by atoms with Crippen LogP contribution in [0.15, 0.2) is 47.6 Å². The molecule has 114 valence electrons. The average Bonchev–Trinajstić information content (AvgIpc) is 2.47. The first-order valence-electron chi connectivity index (χ1n) is 6.51. The first kappa shape index (κ1) is 16.0. The lowest BCUT2D eigenvalue weighted by Crippen LogP contribution is -2.24. The summed E-state index contributed by atoms with van der Waals surface area (Å²) in [4.78, 5) is 11.6. The van der Waals surface area contributed by atoms with E-state index in [0.29, 0.717) is 11.3 Å². The molecule has 1 N–H and O–H groups in total. The Labute approximate surface area is 132 Å². The van der Waals surface area contributed by atoms with Gasteiger partial charge in [-0.3, -0.25) is 4.79 Å². The number of amides is 1. The second-order valence-corrected chi connectivity index (χ2v) is 4.97. The van der Waals surface area contributed by atoms with Crippen LogP contribution in [0.25, 0.3) is 0 Å².